The summed E-state index contributed by atoms with van der Waals surface area (Å²) >= 11 is 0. The van der Waals surface area contributed by atoms with E-state index in [1.165, 1.54) is 0 Å². The molecule has 1 atom stereocenters. The maximum atomic E-state index is 8.77. The van der Waals surface area contributed by atoms with Gasteiger partial charge in [0.15, 0.2) is 0 Å². The van der Waals surface area contributed by atoms with Crippen molar-refractivity contribution in [2.24, 2.45) is 5.92 Å². The van der Waals surface area contributed by atoms with Gasteiger partial charge in [0.2, 0.25) is 0 Å². The Bertz CT molecular complexity index is 306. The molecule has 0 saturated heterocycles. The second kappa shape index (κ2) is 4.08. The molecule has 0 N–H and O–H groups in total. The van der Waals surface area contributed by atoms with Gasteiger partial charge in [-0.3, -0.25) is 4.68 Å². The van der Waals surface area contributed by atoms with Crippen molar-refractivity contribution >= 4 is 0 Å². The molecular formula is C10H15N3. The van der Waals surface area contributed by atoms with Crippen LogP contribution in [0.4, 0.5) is 0 Å². The van der Waals surface area contributed by atoms with E-state index in [0.29, 0.717) is 5.92 Å². The Labute approximate surface area is 79.0 Å². The Morgan fingerprint density at radius 2 is 2.23 bits per heavy atom. The Hall–Kier alpha value is -1.30. The zero-order valence-electron chi connectivity index (χ0n) is 8.36. The molecule has 1 rings (SSSR count). The molecule has 0 radical (unpaired) electrons. The fraction of sp³-hybridized carbons (Fsp3) is 0.600. The van der Waals surface area contributed by atoms with E-state index in [9.17, 15) is 0 Å². The highest BCUT2D eigenvalue weighted by Gasteiger charge is 2.10. The molecule has 0 bridgehead atoms. The quantitative estimate of drug-likeness (QED) is 0.710. The molecule has 70 valence electrons. The fourth-order valence-electron chi connectivity index (χ4n) is 1.28. The van der Waals surface area contributed by atoms with Gasteiger partial charge in [-0.25, -0.2) is 0 Å². The summed E-state index contributed by atoms with van der Waals surface area (Å²) in [4.78, 5) is 0. The van der Waals surface area contributed by atoms with Crippen molar-refractivity contribution in [3.8, 4) is 6.07 Å². The van der Waals surface area contributed by atoms with Crippen molar-refractivity contribution in [2.45, 2.75) is 33.2 Å². The first-order valence-electron chi connectivity index (χ1n) is 4.56. The minimum atomic E-state index is -0.0683. The summed E-state index contributed by atoms with van der Waals surface area (Å²) < 4.78 is 1.92. The molecule has 0 aromatic carbocycles. The lowest BCUT2D eigenvalue weighted by Gasteiger charge is -2.10. The summed E-state index contributed by atoms with van der Waals surface area (Å²) in [5.41, 5.74) is 1.01. The molecule has 0 fully saturated rings. The maximum Gasteiger partial charge on any atom is 0.0853 e. The second-order valence-corrected chi connectivity index (χ2v) is 3.68. The molecule has 1 heterocycles. The Balaban J connectivity index is 2.84. The van der Waals surface area contributed by atoms with Gasteiger partial charge in [0.1, 0.15) is 0 Å². The van der Waals surface area contributed by atoms with Crippen LogP contribution >= 0.6 is 0 Å². The van der Waals surface area contributed by atoms with Gasteiger partial charge in [-0.2, -0.15) is 10.4 Å². The van der Waals surface area contributed by atoms with Crippen molar-refractivity contribution < 1.29 is 0 Å². The van der Waals surface area contributed by atoms with E-state index in [0.717, 1.165) is 12.2 Å². The maximum absolute atomic E-state index is 8.77. The Morgan fingerprint density at radius 1 is 1.54 bits per heavy atom. The van der Waals surface area contributed by atoms with Crippen molar-refractivity contribution in [2.75, 3.05) is 0 Å². The van der Waals surface area contributed by atoms with Crippen LogP contribution < -0.4 is 0 Å². The smallest absolute Gasteiger partial charge is 0.0853 e. The first-order valence-corrected chi connectivity index (χ1v) is 4.56. The second-order valence-electron chi connectivity index (χ2n) is 3.68. The number of nitriles is 1. The molecule has 1 unspecified atom stereocenters. The molecule has 0 aliphatic carbocycles. The molecule has 0 spiro atoms. The lowest BCUT2D eigenvalue weighted by atomic mass is 10.1. The Morgan fingerprint density at radius 3 is 2.77 bits per heavy atom. The van der Waals surface area contributed by atoms with Gasteiger partial charge in [-0.15, -0.1) is 0 Å². The van der Waals surface area contributed by atoms with Crippen LogP contribution in [0.5, 0.6) is 0 Å². The van der Waals surface area contributed by atoms with Gasteiger partial charge in [-0.05, 0) is 18.9 Å². The normalized spacial score (nSPS) is 12.8. The predicted octanol–water partition coefficient (Wildman–Crippen LogP) is 2.17. The summed E-state index contributed by atoms with van der Waals surface area (Å²) in [7, 11) is 0. The van der Waals surface area contributed by atoms with E-state index in [2.05, 4.69) is 25.0 Å². The third-order valence-corrected chi connectivity index (χ3v) is 1.92. The molecule has 1 aromatic heterocycles. The summed E-state index contributed by atoms with van der Waals surface area (Å²) in [6.45, 7) is 7.06. The minimum Gasteiger partial charge on any atom is -0.268 e. The standard InChI is InChI=1S/C10H15N3/c1-8(2)7-13-10(4-5-12-13)9(3)6-11/h4-5,8-9H,7H2,1-3H3. The molecule has 1 aromatic rings. The summed E-state index contributed by atoms with van der Waals surface area (Å²) in [5.74, 6) is 0.491. The number of hydrogen-bond acceptors (Lipinski definition) is 2. The van der Waals surface area contributed by atoms with E-state index >= 15 is 0 Å². The van der Waals surface area contributed by atoms with E-state index < -0.39 is 0 Å². The molecule has 0 aliphatic rings. The number of hydrogen-bond donors (Lipinski definition) is 0. The molecule has 0 amide bonds. The molecule has 13 heavy (non-hydrogen) atoms. The van der Waals surface area contributed by atoms with Crippen LogP contribution in [0.25, 0.3) is 0 Å². The molecule has 0 aliphatic heterocycles. The van der Waals surface area contributed by atoms with Gasteiger partial charge in [0, 0.05) is 12.7 Å². The Kier molecular flexibility index (Phi) is 3.07. The summed E-state index contributed by atoms with van der Waals surface area (Å²) in [6, 6.07) is 4.13. The first kappa shape index (κ1) is 9.79. The number of nitrogens with zero attached hydrogens (tertiary/aromatic N) is 3. The summed E-state index contributed by atoms with van der Waals surface area (Å²) in [6.07, 6.45) is 1.76. The molecule has 0 saturated carbocycles. The lowest BCUT2D eigenvalue weighted by Crippen LogP contribution is -2.10. The van der Waals surface area contributed by atoms with Crippen LogP contribution in [-0.2, 0) is 6.54 Å². The van der Waals surface area contributed by atoms with Crippen LogP contribution in [0.15, 0.2) is 12.3 Å². The average molecular weight is 177 g/mol. The first-order chi connectivity index (χ1) is 6.15. The fourth-order valence-corrected chi connectivity index (χ4v) is 1.28. The van der Waals surface area contributed by atoms with Gasteiger partial charge in [0.05, 0.1) is 17.7 Å². The van der Waals surface area contributed by atoms with Crippen molar-refractivity contribution in [3.05, 3.63) is 18.0 Å². The third-order valence-electron chi connectivity index (χ3n) is 1.92. The molecule has 3 heteroatoms. The average Bonchev–Trinajstić information content (AvgIpc) is 2.50. The third kappa shape index (κ3) is 2.32. The molecule has 3 nitrogen and oxygen atoms in total. The summed E-state index contributed by atoms with van der Waals surface area (Å²) in [5, 5.41) is 13.0. The highest BCUT2D eigenvalue weighted by molar-refractivity contribution is 5.14. The van der Waals surface area contributed by atoms with Crippen molar-refractivity contribution in [1.29, 1.82) is 5.26 Å². The van der Waals surface area contributed by atoms with E-state index in [4.69, 9.17) is 5.26 Å². The monoisotopic (exact) mass is 177 g/mol. The number of aromatic nitrogens is 2. The van der Waals surface area contributed by atoms with Crippen LogP contribution in [0, 0.1) is 17.2 Å². The van der Waals surface area contributed by atoms with Crippen LogP contribution in [-0.4, -0.2) is 9.78 Å². The largest absolute Gasteiger partial charge is 0.268 e. The highest BCUT2D eigenvalue weighted by atomic mass is 15.3. The predicted molar refractivity (Wildman–Crippen MR) is 51.1 cm³/mol. The van der Waals surface area contributed by atoms with Crippen molar-refractivity contribution in [1.82, 2.24) is 9.78 Å². The zero-order chi connectivity index (χ0) is 9.84. The van der Waals surface area contributed by atoms with Crippen LogP contribution in [0.2, 0.25) is 0 Å². The van der Waals surface area contributed by atoms with E-state index in [1.54, 1.807) is 6.20 Å². The van der Waals surface area contributed by atoms with E-state index in [1.807, 2.05) is 17.7 Å². The number of rotatable bonds is 3. The molecular weight excluding hydrogens is 162 g/mol. The van der Waals surface area contributed by atoms with Crippen LogP contribution in [0.3, 0.4) is 0 Å². The van der Waals surface area contributed by atoms with Gasteiger partial charge < -0.3 is 0 Å². The SMILES string of the molecule is CC(C)Cn1nccc1C(C)C#N. The van der Waals surface area contributed by atoms with Gasteiger partial charge in [-0.1, -0.05) is 13.8 Å². The highest BCUT2D eigenvalue weighted by Crippen LogP contribution is 2.14. The minimum absolute atomic E-state index is 0.0683. The van der Waals surface area contributed by atoms with Gasteiger partial charge in [0.25, 0.3) is 0 Å². The van der Waals surface area contributed by atoms with Crippen LogP contribution in [0.1, 0.15) is 32.4 Å². The lowest BCUT2D eigenvalue weighted by molar-refractivity contribution is 0.466. The van der Waals surface area contributed by atoms with Crippen molar-refractivity contribution in [3.63, 3.8) is 0 Å². The zero-order valence-corrected chi connectivity index (χ0v) is 8.36. The van der Waals surface area contributed by atoms with Gasteiger partial charge >= 0.3 is 0 Å². The topological polar surface area (TPSA) is 41.6 Å². The van der Waals surface area contributed by atoms with E-state index in [-0.39, 0.29) is 5.92 Å².